The van der Waals surface area contributed by atoms with Crippen LogP contribution >= 0.6 is 11.6 Å². The second-order valence-corrected chi connectivity index (χ2v) is 7.68. The van der Waals surface area contributed by atoms with Crippen molar-refractivity contribution in [3.63, 3.8) is 0 Å². The summed E-state index contributed by atoms with van der Waals surface area (Å²) in [6.07, 6.45) is 13.3. The molecule has 1 heterocycles. The molecule has 4 nitrogen and oxygen atoms in total. The van der Waals surface area contributed by atoms with Gasteiger partial charge in [0.15, 0.2) is 0 Å². The van der Waals surface area contributed by atoms with Crippen LogP contribution in [0.15, 0.2) is 70.9 Å². The minimum absolute atomic E-state index is 0. The molecule has 0 fully saturated rings. The summed E-state index contributed by atoms with van der Waals surface area (Å²) in [4.78, 5) is 15.1. The first-order valence-corrected chi connectivity index (χ1v) is 10.1. The summed E-state index contributed by atoms with van der Waals surface area (Å²) in [6, 6.07) is 8.60. The van der Waals surface area contributed by atoms with Gasteiger partial charge in [0.05, 0.1) is 0 Å². The zero-order valence-electron chi connectivity index (χ0n) is 18.3. The van der Waals surface area contributed by atoms with Gasteiger partial charge in [-0.05, 0) is 62.6 Å². The number of halogens is 1. The van der Waals surface area contributed by atoms with Crippen LogP contribution in [0.25, 0.3) is 0 Å². The molecule has 0 bridgehead atoms. The number of carboxylic acids is 1. The Morgan fingerprint density at radius 2 is 2.07 bits per heavy atom. The normalized spacial score (nSPS) is 15.7. The van der Waals surface area contributed by atoms with Crippen molar-refractivity contribution >= 4 is 23.3 Å². The van der Waals surface area contributed by atoms with Gasteiger partial charge in [-0.2, -0.15) is 0 Å². The Morgan fingerprint density at radius 3 is 2.86 bits per heavy atom. The molecule has 0 saturated carbocycles. The molecule has 1 aliphatic carbocycles. The Labute approximate surface area is 191 Å². The van der Waals surface area contributed by atoms with E-state index in [1.165, 1.54) is 28.6 Å². The Kier molecular flexibility index (Phi) is 9.33. The molecule has 2 aliphatic rings. The maximum Gasteiger partial charge on any atom is 1.00 e. The first kappa shape index (κ1) is 23.6. The fourth-order valence-corrected chi connectivity index (χ4v) is 3.84. The maximum atomic E-state index is 10.5. The van der Waals surface area contributed by atoms with E-state index < -0.39 is 5.97 Å². The standard InChI is InChI=1S/C23H27ClN2O2.Li.H/c1-25(15-6-9-23(27)28)14-4-5-16-26-21-8-3-2-7-18(21)10-11-19-12-13-20(24)17-22(19)26;;/h2-3,6-9,11,13,17H,4-5,10,12,14-16H2,1H3,(H,27,28);;/q;+1;-1/b9-6+;;. The van der Waals surface area contributed by atoms with Crippen LogP contribution in [0.3, 0.4) is 0 Å². The van der Waals surface area contributed by atoms with E-state index >= 15 is 0 Å². The van der Waals surface area contributed by atoms with Crippen LogP contribution in [-0.4, -0.2) is 42.7 Å². The van der Waals surface area contributed by atoms with E-state index in [1.807, 2.05) is 7.05 Å². The van der Waals surface area contributed by atoms with Crippen LogP contribution in [0.5, 0.6) is 0 Å². The van der Waals surface area contributed by atoms with Gasteiger partial charge in [-0.15, -0.1) is 0 Å². The van der Waals surface area contributed by atoms with Gasteiger partial charge in [0, 0.05) is 35.6 Å². The fourth-order valence-electron chi connectivity index (χ4n) is 3.66. The smallest absolute Gasteiger partial charge is 1.00 e. The van der Waals surface area contributed by atoms with Gasteiger partial charge in [0.2, 0.25) is 0 Å². The molecule has 0 spiro atoms. The molecule has 0 aromatic heterocycles. The van der Waals surface area contributed by atoms with Crippen molar-refractivity contribution in [2.24, 2.45) is 0 Å². The molecule has 1 N–H and O–H groups in total. The van der Waals surface area contributed by atoms with E-state index in [9.17, 15) is 4.79 Å². The van der Waals surface area contributed by atoms with Crippen molar-refractivity contribution in [2.75, 3.05) is 31.6 Å². The van der Waals surface area contributed by atoms with Crippen molar-refractivity contribution < 1.29 is 30.2 Å². The molecule has 1 aliphatic heterocycles. The summed E-state index contributed by atoms with van der Waals surface area (Å²) >= 11 is 6.33. The van der Waals surface area contributed by atoms with E-state index in [0.29, 0.717) is 6.54 Å². The zero-order chi connectivity index (χ0) is 19.9. The number of anilines is 1. The largest absolute Gasteiger partial charge is 1.00 e. The summed E-state index contributed by atoms with van der Waals surface area (Å²) in [5.41, 5.74) is 5.17. The number of para-hydroxylation sites is 1. The second-order valence-electron chi connectivity index (χ2n) is 7.25. The van der Waals surface area contributed by atoms with E-state index in [2.05, 4.69) is 52.3 Å². The maximum absolute atomic E-state index is 10.5. The minimum Gasteiger partial charge on any atom is -1.00 e. The number of hydrogen-bond acceptors (Lipinski definition) is 3. The first-order valence-electron chi connectivity index (χ1n) is 9.75. The van der Waals surface area contributed by atoms with Crippen molar-refractivity contribution in [3.05, 3.63) is 76.5 Å². The molecule has 29 heavy (non-hydrogen) atoms. The number of hydrogen-bond donors (Lipinski definition) is 1. The number of carboxylic acid groups (broad SMARTS) is 1. The number of rotatable bonds is 8. The number of carbonyl (C=O) groups is 1. The van der Waals surface area contributed by atoms with Gasteiger partial charge in [0.25, 0.3) is 0 Å². The Hall–Kier alpha value is -1.70. The van der Waals surface area contributed by atoms with Gasteiger partial charge >= 0.3 is 24.8 Å². The van der Waals surface area contributed by atoms with Crippen molar-refractivity contribution in [1.29, 1.82) is 0 Å². The molecule has 150 valence electrons. The average Bonchev–Trinajstić information content (AvgIpc) is 2.82. The van der Waals surface area contributed by atoms with Crippen molar-refractivity contribution in [3.8, 4) is 0 Å². The molecule has 0 amide bonds. The van der Waals surface area contributed by atoms with Gasteiger partial charge in [-0.25, -0.2) is 4.79 Å². The molecule has 0 radical (unpaired) electrons. The molecular weight excluding hydrogens is 379 g/mol. The predicted molar refractivity (Wildman–Crippen MR) is 117 cm³/mol. The van der Waals surface area contributed by atoms with Crippen LogP contribution < -0.4 is 23.8 Å². The Balaban J connectivity index is 0.00000225. The second kappa shape index (κ2) is 11.5. The minimum atomic E-state index is -0.898. The molecule has 3 rings (SSSR count). The van der Waals surface area contributed by atoms with Crippen LogP contribution in [0.4, 0.5) is 5.69 Å². The summed E-state index contributed by atoms with van der Waals surface area (Å²) < 4.78 is 0. The third-order valence-corrected chi connectivity index (χ3v) is 5.37. The Bertz CT molecular complexity index is 851. The monoisotopic (exact) mass is 406 g/mol. The number of allylic oxidation sites excluding steroid dienone is 5. The first-order chi connectivity index (χ1) is 13.5. The number of likely N-dealkylation sites (N-methyl/N-ethyl adjacent to an activating group) is 1. The van der Waals surface area contributed by atoms with Crippen LogP contribution in [0, 0.1) is 0 Å². The molecule has 0 atom stereocenters. The van der Waals surface area contributed by atoms with Gasteiger partial charge in [-0.3, -0.25) is 0 Å². The number of fused-ring (bicyclic) bond motifs is 2. The zero-order valence-corrected chi connectivity index (χ0v) is 18.0. The van der Waals surface area contributed by atoms with E-state index in [-0.39, 0.29) is 20.3 Å². The Morgan fingerprint density at radius 1 is 1.28 bits per heavy atom. The molecule has 0 saturated heterocycles. The molecular formula is C23H28ClLiN2O2. The summed E-state index contributed by atoms with van der Waals surface area (Å²) in [5, 5.41) is 9.47. The molecule has 1 aromatic carbocycles. The fraction of sp³-hybridized carbons (Fsp3) is 0.348. The molecule has 1 aromatic rings. The summed E-state index contributed by atoms with van der Waals surface area (Å²) in [5.74, 6) is -0.898. The third-order valence-electron chi connectivity index (χ3n) is 5.11. The van der Waals surface area contributed by atoms with Crippen LogP contribution in [0.2, 0.25) is 0 Å². The molecule has 0 unspecified atom stereocenters. The quantitative estimate of drug-likeness (QED) is 0.406. The number of unbranched alkanes of at least 4 members (excludes halogenated alkanes) is 1. The van der Waals surface area contributed by atoms with E-state index in [0.717, 1.165) is 43.8 Å². The van der Waals surface area contributed by atoms with Crippen molar-refractivity contribution in [2.45, 2.75) is 25.7 Å². The van der Waals surface area contributed by atoms with Gasteiger partial charge in [-0.1, -0.05) is 48.0 Å². The topological polar surface area (TPSA) is 43.8 Å². The van der Waals surface area contributed by atoms with Crippen LogP contribution in [0.1, 0.15) is 26.3 Å². The van der Waals surface area contributed by atoms with Crippen molar-refractivity contribution in [1.82, 2.24) is 4.90 Å². The SMILES string of the molecule is CN(C/C=C/C(=O)O)CCCCN1C2=CC(Cl)=CCC2=CCc2ccccc21.[H-].[Li+]. The van der Waals surface area contributed by atoms with E-state index in [1.54, 1.807) is 6.08 Å². The average molecular weight is 407 g/mol. The van der Waals surface area contributed by atoms with E-state index in [4.69, 9.17) is 16.7 Å². The predicted octanol–water partition coefficient (Wildman–Crippen LogP) is 1.86. The van der Waals surface area contributed by atoms with Crippen LogP contribution in [-0.2, 0) is 11.2 Å². The third kappa shape index (κ3) is 6.66. The van der Waals surface area contributed by atoms with Gasteiger partial charge < -0.3 is 16.3 Å². The van der Waals surface area contributed by atoms with Gasteiger partial charge in [0.1, 0.15) is 0 Å². The number of nitrogens with zero attached hydrogens (tertiary/aromatic N) is 2. The summed E-state index contributed by atoms with van der Waals surface area (Å²) in [6.45, 7) is 2.52. The number of benzene rings is 1. The summed E-state index contributed by atoms with van der Waals surface area (Å²) in [7, 11) is 2.02. The number of aliphatic carboxylic acids is 1. The molecule has 6 heteroatoms.